The highest BCUT2D eigenvalue weighted by Gasteiger charge is 2.40. The van der Waals surface area contributed by atoms with Gasteiger partial charge >= 0.3 is 11.9 Å². The fourth-order valence-corrected chi connectivity index (χ4v) is 1.93. The molecule has 2 N–H and O–H groups in total. The lowest BCUT2D eigenvalue weighted by Crippen LogP contribution is -2.31. The van der Waals surface area contributed by atoms with E-state index in [9.17, 15) is 14.4 Å². The van der Waals surface area contributed by atoms with Crippen LogP contribution in [0.5, 0.6) is 0 Å². The zero-order valence-electron chi connectivity index (χ0n) is 11.3. The first-order valence-electron chi connectivity index (χ1n) is 6.19. The molecule has 1 heterocycles. The Morgan fingerprint density at radius 3 is 2.50 bits per heavy atom. The molecule has 1 aromatic rings. The van der Waals surface area contributed by atoms with E-state index < -0.39 is 23.9 Å². The van der Waals surface area contributed by atoms with E-state index in [2.05, 4.69) is 4.74 Å². The van der Waals surface area contributed by atoms with E-state index in [0.717, 1.165) is 12.8 Å². The minimum absolute atomic E-state index is 0.0160. The van der Waals surface area contributed by atoms with E-state index in [1.807, 2.05) is 0 Å². The number of primary amides is 1. The first-order chi connectivity index (χ1) is 9.43. The van der Waals surface area contributed by atoms with Crippen LogP contribution in [-0.2, 0) is 21.3 Å². The smallest absolute Gasteiger partial charge is 0.355 e. The van der Waals surface area contributed by atoms with Crippen LogP contribution in [0.15, 0.2) is 12.3 Å². The molecule has 0 bridgehead atoms. The molecule has 1 amide bonds. The fourth-order valence-electron chi connectivity index (χ4n) is 1.93. The van der Waals surface area contributed by atoms with Gasteiger partial charge in [0.1, 0.15) is 5.69 Å². The number of aromatic nitrogens is 1. The van der Waals surface area contributed by atoms with Gasteiger partial charge in [-0.3, -0.25) is 4.79 Å². The fraction of sp³-hybridized carbons (Fsp3) is 0.462. The number of esters is 2. The third kappa shape index (κ3) is 2.81. The molecule has 1 aromatic heterocycles. The van der Waals surface area contributed by atoms with Crippen molar-refractivity contribution in [1.29, 1.82) is 0 Å². The average Bonchev–Trinajstić information content (AvgIpc) is 3.16. The number of nitrogens with zero attached hydrogens (tertiary/aromatic N) is 1. The maximum Gasteiger partial charge on any atom is 0.355 e. The molecule has 1 aliphatic carbocycles. The van der Waals surface area contributed by atoms with Crippen molar-refractivity contribution in [3.8, 4) is 0 Å². The van der Waals surface area contributed by atoms with Gasteiger partial charge in [0.2, 0.25) is 12.0 Å². The molecule has 20 heavy (non-hydrogen) atoms. The molecule has 0 radical (unpaired) electrons. The van der Waals surface area contributed by atoms with Gasteiger partial charge in [0.05, 0.1) is 12.7 Å². The van der Waals surface area contributed by atoms with Gasteiger partial charge in [-0.25, -0.2) is 9.59 Å². The number of hydrogen-bond donors (Lipinski definition) is 1. The Kier molecular flexibility index (Phi) is 3.78. The van der Waals surface area contributed by atoms with E-state index in [4.69, 9.17) is 10.5 Å². The Labute approximate surface area is 115 Å². The Hall–Kier alpha value is -2.31. The molecule has 108 valence electrons. The van der Waals surface area contributed by atoms with Gasteiger partial charge < -0.3 is 19.8 Å². The first kappa shape index (κ1) is 14.1. The van der Waals surface area contributed by atoms with Crippen LogP contribution in [0.1, 0.15) is 33.7 Å². The normalized spacial score (nSPS) is 15.5. The number of aryl methyl sites for hydroxylation is 1. The van der Waals surface area contributed by atoms with E-state index in [-0.39, 0.29) is 17.2 Å². The van der Waals surface area contributed by atoms with Crippen LogP contribution in [0, 0.1) is 5.92 Å². The first-order valence-corrected chi connectivity index (χ1v) is 6.19. The van der Waals surface area contributed by atoms with Crippen LogP contribution < -0.4 is 5.73 Å². The van der Waals surface area contributed by atoms with Gasteiger partial charge in [-0.05, 0) is 18.9 Å². The van der Waals surface area contributed by atoms with Crippen LogP contribution in [0.25, 0.3) is 0 Å². The highest BCUT2D eigenvalue weighted by Crippen LogP contribution is 2.35. The second-order valence-corrected chi connectivity index (χ2v) is 4.78. The number of nitrogens with two attached hydrogens (primary N) is 1. The largest absolute Gasteiger partial charge is 0.466 e. The predicted molar refractivity (Wildman–Crippen MR) is 67.9 cm³/mol. The van der Waals surface area contributed by atoms with E-state index in [0.29, 0.717) is 0 Å². The molecule has 0 aromatic carbocycles. The quantitative estimate of drug-likeness (QED) is 0.778. The zero-order valence-corrected chi connectivity index (χ0v) is 11.3. The van der Waals surface area contributed by atoms with Gasteiger partial charge in [-0.2, -0.15) is 0 Å². The molecule has 1 saturated carbocycles. The maximum absolute atomic E-state index is 12.1. The summed E-state index contributed by atoms with van der Waals surface area (Å²) < 4.78 is 11.3. The van der Waals surface area contributed by atoms with Crippen molar-refractivity contribution in [3.63, 3.8) is 0 Å². The Morgan fingerprint density at radius 1 is 1.40 bits per heavy atom. The van der Waals surface area contributed by atoms with Crippen molar-refractivity contribution in [2.75, 3.05) is 7.11 Å². The lowest BCUT2D eigenvalue weighted by Gasteiger charge is -2.14. The van der Waals surface area contributed by atoms with Gasteiger partial charge in [-0.1, -0.05) is 0 Å². The van der Waals surface area contributed by atoms with Crippen molar-refractivity contribution in [1.82, 2.24) is 4.57 Å². The lowest BCUT2D eigenvalue weighted by atomic mass is 10.2. The second kappa shape index (κ2) is 5.36. The van der Waals surface area contributed by atoms with Gasteiger partial charge in [0, 0.05) is 19.2 Å². The highest BCUT2D eigenvalue weighted by molar-refractivity contribution is 5.97. The van der Waals surface area contributed by atoms with Crippen LogP contribution in [0.4, 0.5) is 0 Å². The van der Waals surface area contributed by atoms with E-state index >= 15 is 0 Å². The van der Waals surface area contributed by atoms with Crippen LogP contribution >= 0.6 is 0 Å². The van der Waals surface area contributed by atoms with E-state index in [1.165, 1.54) is 23.9 Å². The van der Waals surface area contributed by atoms with Crippen molar-refractivity contribution in [2.24, 2.45) is 18.7 Å². The third-order valence-electron chi connectivity index (χ3n) is 3.22. The molecule has 1 aliphatic rings. The number of hydrogen-bond acceptors (Lipinski definition) is 5. The van der Waals surface area contributed by atoms with E-state index in [1.54, 1.807) is 7.05 Å². The summed E-state index contributed by atoms with van der Waals surface area (Å²) in [5.74, 6) is -1.86. The van der Waals surface area contributed by atoms with Gasteiger partial charge in [0.25, 0.3) is 0 Å². The Morgan fingerprint density at radius 2 is 2.05 bits per heavy atom. The minimum Gasteiger partial charge on any atom is -0.466 e. The zero-order chi connectivity index (χ0) is 14.9. The molecule has 1 fully saturated rings. The highest BCUT2D eigenvalue weighted by atomic mass is 16.6. The number of carbonyl (C=O) groups is 3. The average molecular weight is 280 g/mol. The minimum atomic E-state index is -0.889. The number of amides is 1. The van der Waals surface area contributed by atoms with Crippen molar-refractivity contribution >= 4 is 17.8 Å². The van der Waals surface area contributed by atoms with Crippen LogP contribution in [-0.4, -0.2) is 35.6 Å². The van der Waals surface area contributed by atoms with Crippen molar-refractivity contribution < 1.29 is 23.9 Å². The summed E-state index contributed by atoms with van der Waals surface area (Å²) in [7, 11) is 2.84. The molecule has 1 atom stereocenters. The standard InChI is InChI=1S/C13H16N2O5/c1-15-6-8(11(14)16)5-9(15)12(17)20-10(7-3-4-7)13(18)19-2/h5-7,10H,3-4H2,1-2H3,(H2,14,16)/t10-/m1/s1. The number of rotatable bonds is 5. The Balaban J connectivity index is 2.14. The van der Waals surface area contributed by atoms with Crippen LogP contribution in [0.3, 0.4) is 0 Å². The summed E-state index contributed by atoms with van der Waals surface area (Å²) >= 11 is 0. The summed E-state index contributed by atoms with van der Waals surface area (Å²) in [6, 6.07) is 1.34. The molecule has 2 rings (SSSR count). The molecule has 0 aliphatic heterocycles. The number of ether oxygens (including phenoxy) is 2. The molecular weight excluding hydrogens is 264 g/mol. The maximum atomic E-state index is 12.1. The Bertz CT molecular complexity index is 559. The molecule has 7 nitrogen and oxygen atoms in total. The number of carbonyl (C=O) groups excluding carboxylic acids is 3. The molecule has 0 saturated heterocycles. The molecule has 0 spiro atoms. The monoisotopic (exact) mass is 280 g/mol. The second-order valence-electron chi connectivity index (χ2n) is 4.78. The summed E-state index contributed by atoms with van der Waals surface area (Å²) in [4.78, 5) is 34.7. The summed E-state index contributed by atoms with van der Waals surface area (Å²) in [6.07, 6.45) is 2.20. The SMILES string of the molecule is COC(=O)[C@H](OC(=O)c1cc(C(N)=O)cn1C)C1CC1. The van der Waals surface area contributed by atoms with Crippen molar-refractivity contribution in [3.05, 3.63) is 23.5 Å². The van der Waals surface area contributed by atoms with Gasteiger partial charge in [0.15, 0.2) is 0 Å². The molecular formula is C13H16N2O5. The van der Waals surface area contributed by atoms with Crippen molar-refractivity contribution in [2.45, 2.75) is 18.9 Å². The van der Waals surface area contributed by atoms with Gasteiger partial charge in [-0.15, -0.1) is 0 Å². The molecule has 7 heteroatoms. The number of methoxy groups -OCH3 is 1. The lowest BCUT2D eigenvalue weighted by molar-refractivity contribution is -0.152. The topological polar surface area (TPSA) is 101 Å². The summed E-state index contributed by atoms with van der Waals surface area (Å²) in [5.41, 5.74) is 5.52. The summed E-state index contributed by atoms with van der Waals surface area (Å²) in [6.45, 7) is 0. The summed E-state index contributed by atoms with van der Waals surface area (Å²) in [5, 5.41) is 0. The third-order valence-corrected chi connectivity index (χ3v) is 3.22. The van der Waals surface area contributed by atoms with Crippen LogP contribution in [0.2, 0.25) is 0 Å². The molecule has 0 unspecified atom stereocenters. The predicted octanol–water partition coefficient (Wildman–Crippen LogP) is 0.232.